The molecule has 2 heterocycles. The van der Waals surface area contributed by atoms with Crippen LogP contribution in [0.1, 0.15) is 19.4 Å². The fourth-order valence-corrected chi connectivity index (χ4v) is 1.68. The van der Waals surface area contributed by atoms with Gasteiger partial charge in [-0.1, -0.05) is 0 Å². The molecule has 2 rings (SSSR count). The van der Waals surface area contributed by atoms with E-state index < -0.39 is 5.79 Å². The first-order valence-electron chi connectivity index (χ1n) is 5.51. The zero-order valence-electron chi connectivity index (χ0n) is 9.93. The number of anilines is 1. The molecule has 0 saturated carbocycles. The molecule has 17 heavy (non-hydrogen) atoms. The summed E-state index contributed by atoms with van der Waals surface area (Å²) >= 11 is 0. The zero-order valence-corrected chi connectivity index (χ0v) is 9.93. The van der Waals surface area contributed by atoms with Gasteiger partial charge in [-0.3, -0.25) is 0 Å². The highest BCUT2D eigenvalue weighted by Crippen LogP contribution is 2.22. The third kappa shape index (κ3) is 3.16. The van der Waals surface area contributed by atoms with Crippen LogP contribution in [0.25, 0.3) is 0 Å². The monoisotopic (exact) mass is 233 g/mol. The van der Waals surface area contributed by atoms with Gasteiger partial charge in [0, 0.05) is 12.7 Å². The van der Waals surface area contributed by atoms with Crippen molar-refractivity contribution in [3.05, 3.63) is 23.9 Å². The van der Waals surface area contributed by atoms with Gasteiger partial charge in [0.2, 0.25) is 0 Å². The summed E-state index contributed by atoms with van der Waals surface area (Å²) in [5.41, 5.74) is 0.589. The molecule has 1 N–H and O–H groups in total. The van der Waals surface area contributed by atoms with E-state index in [1.165, 1.54) is 0 Å². The predicted molar refractivity (Wildman–Crippen MR) is 62.3 cm³/mol. The topological polar surface area (TPSA) is 67.2 Å². The largest absolute Gasteiger partial charge is 0.367 e. The molecule has 0 aliphatic carbocycles. The Labute approximate surface area is 100 Å². The van der Waals surface area contributed by atoms with Gasteiger partial charge in [0.05, 0.1) is 18.2 Å². The van der Waals surface area contributed by atoms with Crippen molar-refractivity contribution in [2.24, 2.45) is 0 Å². The molecule has 1 aliphatic rings. The molecule has 0 aromatic carbocycles. The fourth-order valence-electron chi connectivity index (χ4n) is 1.68. The summed E-state index contributed by atoms with van der Waals surface area (Å²) in [5.74, 6) is 0.172. The lowest BCUT2D eigenvalue weighted by Crippen LogP contribution is -2.26. The molecule has 0 amide bonds. The van der Waals surface area contributed by atoms with Crippen molar-refractivity contribution in [2.75, 3.05) is 18.5 Å². The number of nitrogens with zero attached hydrogens (tertiary/aromatic N) is 2. The third-order valence-electron chi connectivity index (χ3n) is 2.47. The number of rotatable bonds is 3. The van der Waals surface area contributed by atoms with Gasteiger partial charge in [0.25, 0.3) is 0 Å². The SMILES string of the molecule is CC1(C)OCC(CNc2cc(C#N)ccn2)O1. The molecule has 1 aromatic rings. The fraction of sp³-hybridized carbons (Fsp3) is 0.500. The third-order valence-corrected chi connectivity index (χ3v) is 2.47. The number of hydrogen-bond donors (Lipinski definition) is 1. The minimum absolute atomic E-state index is 0.0116. The van der Waals surface area contributed by atoms with Gasteiger partial charge in [-0.2, -0.15) is 5.26 Å². The average molecular weight is 233 g/mol. The van der Waals surface area contributed by atoms with E-state index in [4.69, 9.17) is 14.7 Å². The Bertz CT molecular complexity index is 440. The summed E-state index contributed by atoms with van der Waals surface area (Å²) < 4.78 is 11.1. The van der Waals surface area contributed by atoms with E-state index in [0.717, 1.165) is 0 Å². The number of aromatic nitrogens is 1. The molecule has 1 aliphatic heterocycles. The van der Waals surface area contributed by atoms with Crippen LogP contribution in [-0.4, -0.2) is 30.0 Å². The van der Waals surface area contributed by atoms with E-state index >= 15 is 0 Å². The average Bonchev–Trinajstić information content (AvgIpc) is 2.67. The maximum Gasteiger partial charge on any atom is 0.163 e. The smallest absolute Gasteiger partial charge is 0.163 e. The highest BCUT2D eigenvalue weighted by Gasteiger charge is 2.32. The van der Waals surface area contributed by atoms with Crippen molar-refractivity contribution < 1.29 is 9.47 Å². The van der Waals surface area contributed by atoms with Crippen LogP contribution in [-0.2, 0) is 9.47 Å². The predicted octanol–water partition coefficient (Wildman–Crippen LogP) is 1.52. The van der Waals surface area contributed by atoms with Crippen molar-refractivity contribution in [1.82, 2.24) is 4.98 Å². The van der Waals surface area contributed by atoms with Gasteiger partial charge in [-0.25, -0.2) is 4.98 Å². The van der Waals surface area contributed by atoms with Crippen molar-refractivity contribution in [1.29, 1.82) is 5.26 Å². The highest BCUT2D eigenvalue weighted by atomic mass is 16.7. The van der Waals surface area contributed by atoms with Crippen LogP contribution in [0.5, 0.6) is 0 Å². The number of pyridine rings is 1. The summed E-state index contributed by atoms with van der Waals surface area (Å²) in [4.78, 5) is 4.13. The van der Waals surface area contributed by atoms with E-state index in [2.05, 4.69) is 16.4 Å². The first kappa shape index (κ1) is 11.8. The molecule has 1 unspecified atom stereocenters. The maximum absolute atomic E-state index is 8.76. The molecular weight excluding hydrogens is 218 g/mol. The minimum Gasteiger partial charge on any atom is -0.367 e. The second-order valence-corrected chi connectivity index (χ2v) is 4.37. The second-order valence-electron chi connectivity index (χ2n) is 4.37. The van der Waals surface area contributed by atoms with Gasteiger partial charge in [-0.05, 0) is 26.0 Å². The van der Waals surface area contributed by atoms with E-state index in [1.54, 1.807) is 18.3 Å². The van der Waals surface area contributed by atoms with Crippen molar-refractivity contribution in [3.8, 4) is 6.07 Å². The quantitative estimate of drug-likeness (QED) is 0.857. The Morgan fingerprint density at radius 1 is 1.65 bits per heavy atom. The molecule has 1 fully saturated rings. The Balaban J connectivity index is 1.88. The molecule has 90 valence electrons. The van der Waals surface area contributed by atoms with Crippen molar-refractivity contribution in [2.45, 2.75) is 25.7 Å². The van der Waals surface area contributed by atoms with Gasteiger partial charge in [0.15, 0.2) is 5.79 Å². The number of hydrogen-bond acceptors (Lipinski definition) is 5. The summed E-state index contributed by atoms with van der Waals surface area (Å²) in [6.07, 6.45) is 1.62. The number of ether oxygens (including phenoxy) is 2. The van der Waals surface area contributed by atoms with Gasteiger partial charge in [-0.15, -0.1) is 0 Å². The lowest BCUT2D eigenvalue weighted by molar-refractivity contribution is -0.136. The first-order valence-corrected chi connectivity index (χ1v) is 5.51. The van der Waals surface area contributed by atoms with Crippen molar-refractivity contribution in [3.63, 3.8) is 0 Å². The Kier molecular flexibility index (Phi) is 3.27. The van der Waals surface area contributed by atoms with Gasteiger partial charge >= 0.3 is 0 Å². The van der Waals surface area contributed by atoms with Gasteiger partial charge in [0.1, 0.15) is 11.9 Å². The molecule has 1 aromatic heterocycles. The van der Waals surface area contributed by atoms with Gasteiger partial charge < -0.3 is 14.8 Å². The summed E-state index contributed by atoms with van der Waals surface area (Å²) in [6.45, 7) is 4.96. The number of nitriles is 1. The van der Waals surface area contributed by atoms with Crippen LogP contribution in [0, 0.1) is 11.3 Å². The lowest BCUT2D eigenvalue weighted by atomic mass is 10.3. The lowest BCUT2D eigenvalue weighted by Gasteiger charge is -2.17. The molecule has 5 nitrogen and oxygen atoms in total. The Morgan fingerprint density at radius 2 is 2.47 bits per heavy atom. The number of nitrogens with one attached hydrogen (secondary N) is 1. The van der Waals surface area contributed by atoms with Crippen molar-refractivity contribution >= 4 is 5.82 Å². The molecule has 0 radical (unpaired) electrons. The Morgan fingerprint density at radius 3 is 3.12 bits per heavy atom. The summed E-state index contributed by atoms with van der Waals surface area (Å²) in [7, 11) is 0. The van der Waals surface area contributed by atoms with Crippen LogP contribution < -0.4 is 5.32 Å². The van der Waals surface area contributed by atoms with E-state index in [-0.39, 0.29) is 6.10 Å². The van der Waals surface area contributed by atoms with E-state index in [0.29, 0.717) is 24.5 Å². The molecule has 0 spiro atoms. The second kappa shape index (κ2) is 4.70. The molecule has 1 saturated heterocycles. The summed E-state index contributed by atoms with van der Waals surface area (Å²) in [5, 5.41) is 11.9. The standard InChI is InChI=1S/C12H15N3O2/c1-12(2)16-8-10(17-12)7-15-11-5-9(6-13)3-4-14-11/h3-5,10H,7-8H2,1-2H3,(H,14,15). The molecular formula is C12H15N3O2. The minimum atomic E-state index is -0.506. The van der Waals surface area contributed by atoms with Crippen LogP contribution in [0.3, 0.4) is 0 Å². The molecule has 1 atom stereocenters. The van der Waals surface area contributed by atoms with E-state index in [1.807, 2.05) is 13.8 Å². The summed E-state index contributed by atoms with van der Waals surface area (Å²) in [6, 6.07) is 5.45. The normalized spacial score (nSPS) is 22.1. The van der Waals surface area contributed by atoms with Crippen LogP contribution in [0.2, 0.25) is 0 Å². The van der Waals surface area contributed by atoms with Crippen LogP contribution in [0.15, 0.2) is 18.3 Å². The Hall–Kier alpha value is -1.64. The first-order chi connectivity index (χ1) is 8.09. The van der Waals surface area contributed by atoms with Crippen LogP contribution in [0.4, 0.5) is 5.82 Å². The highest BCUT2D eigenvalue weighted by molar-refractivity contribution is 5.42. The maximum atomic E-state index is 8.76. The van der Waals surface area contributed by atoms with E-state index in [9.17, 15) is 0 Å². The molecule has 0 bridgehead atoms. The zero-order chi connectivity index (χ0) is 12.3. The van der Waals surface area contributed by atoms with Crippen LogP contribution >= 0.6 is 0 Å². The molecule has 5 heteroatoms.